The Bertz CT molecular complexity index is 476. The van der Waals surface area contributed by atoms with Crippen LogP contribution in [-0.4, -0.2) is 29.3 Å². The summed E-state index contributed by atoms with van der Waals surface area (Å²) in [6, 6.07) is 6.31. The smallest absolute Gasteiger partial charge is 0.157 e. The van der Waals surface area contributed by atoms with E-state index in [1.165, 1.54) is 29.5 Å². The van der Waals surface area contributed by atoms with Gasteiger partial charge in [0.25, 0.3) is 0 Å². The van der Waals surface area contributed by atoms with Crippen LogP contribution in [0, 0.1) is 13.8 Å². The van der Waals surface area contributed by atoms with E-state index < -0.39 is 0 Å². The summed E-state index contributed by atoms with van der Waals surface area (Å²) in [5, 5.41) is 0. The quantitative estimate of drug-likeness (QED) is 0.786. The number of aryl methyl sites for hydroxylation is 2. The Kier molecular flexibility index (Phi) is 5.21. The summed E-state index contributed by atoms with van der Waals surface area (Å²) in [4.78, 5) is 15.6. The van der Waals surface area contributed by atoms with Gasteiger partial charge in [-0.05, 0) is 69.3 Å². The normalized spacial score (nSPS) is 16.4. The lowest BCUT2D eigenvalue weighted by Gasteiger charge is -2.39. The number of carbonyl (C=O) groups is 1. The van der Waals surface area contributed by atoms with Crippen molar-refractivity contribution in [3.8, 4) is 0 Å². The molecule has 1 aliphatic rings. The molecule has 1 aromatic rings. The van der Waals surface area contributed by atoms with Crippen molar-refractivity contribution in [2.45, 2.75) is 65.3 Å². The molecule has 116 valence electrons. The van der Waals surface area contributed by atoms with Crippen LogP contribution in [0.1, 0.15) is 56.2 Å². The highest BCUT2D eigenvalue weighted by atomic mass is 16.1. The molecule has 1 saturated heterocycles. The molecule has 21 heavy (non-hydrogen) atoms. The van der Waals surface area contributed by atoms with Crippen LogP contribution >= 0.6 is 0 Å². The Morgan fingerprint density at radius 3 is 2.10 bits per heavy atom. The van der Waals surface area contributed by atoms with E-state index in [1.807, 2.05) is 0 Å². The summed E-state index contributed by atoms with van der Waals surface area (Å²) in [7, 11) is 0. The Labute approximate surface area is 129 Å². The zero-order chi connectivity index (χ0) is 15.5. The van der Waals surface area contributed by atoms with E-state index in [-0.39, 0.29) is 5.54 Å². The van der Waals surface area contributed by atoms with E-state index in [0.29, 0.717) is 12.2 Å². The molecular formula is C19H29NO. The lowest BCUT2D eigenvalue weighted by Crippen LogP contribution is -2.53. The minimum Gasteiger partial charge on any atom is -0.297 e. The van der Waals surface area contributed by atoms with Crippen LogP contribution in [0.15, 0.2) is 18.2 Å². The first-order valence-electron chi connectivity index (χ1n) is 8.38. The van der Waals surface area contributed by atoms with Gasteiger partial charge in [-0.2, -0.15) is 0 Å². The number of likely N-dealkylation sites (tertiary alicyclic amines) is 1. The van der Waals surface area contributed by atoms with Crippen molar-refractivity contribution in [2.24, 2.45) is 0 Å². The fourth-order valence-corrected chi connectivity index (χ4v) is 3.87. The molecule has 1 aliphatic heterocycles. The molecular weight excluding hydrogens is 258 g/mol. The van der Waals surface area contributed by atoms with Gasteiger partial charge in [0.2, 0.25) is 0 Å². The van der Waals surface area contributed by atoms with Gasteiger partial charge in [0.1, 0.15) is 0 Å². The molecule has 1 aromatic carbocycles. The summed E-state index contributed by atoms with van der Waals surface area (Å²) in [5.74, 6) is 0.409. The monoisotopic (exact) mass is 287 g/mol. The van der Waals surface area contributed by atoms with Crippen LogP contribution in [0.4, 0.5) is 0 Å². The van der Waals surface area contributed by atoms with Crippen LogP contribution < -0.4 is 0 Å². The fourth-order valence-electron chi connectivity index (χ4n) is 3.87. The summed E-state index contributed by atoms with van der Waals surface area (Å²) in [6.45, 7) is 10.7. The molecule has 0 atom stereocenters. The zero-order valence-electron chi connectivity index (χ0n) is 14.0. The molecule has 1 heterocycles. The van der Waals surface area contributed by atoms with Crippen LogP contribution in [0.25, 0.3) is 0 Å². The number of hydrogen-bond donors (Lipinski definition) is 0. The van der Waals surface area contributed by atoms with Gasteiger partial charge in [-0.25, -0.2) is 0 Å². The van der Waals surface area contributed by atoms with Crippen molar-refractivity contribution in [3.63, 3.8) is 0 Å². The van der Waals surface area contributed by atoms with Crippen LogP contribution in [0.3, 0.4) is 0 Å². The van der Waals surface area contributed by atoms with E-state index in [0.717, 1.165) is 25.9 Å². The SMILES string of the molecule is CCC(CC)(C(=O)Cc1c(C)cccc1C)N1CCCC1. The van der Waals surface area contributed by atoms with Crippen LogP contribution in [0.5, 0.6) is 0 Å². The van der Waals surface area contributed by atoms with Gasteiger partial charge in [0, 0.05) is 6.42 Å². The highest BCUT2D eigenvalue weighted by Crippen LogP contribution is 2.31. The Morgan fingerprint density at radius 2 is 1.62 bits per heavy atom. The first kappa shape index (κ1) is 16.2. The van der Waals surface area contributed by atoms with Gasteiger partial charge in [0.15, 0.2) is 5.78 Å². The molecule has 2 heteroatoms. The van der Waals surface area contributed by atoms with Crippen molar-refractivity contribution < 1.29 is 4.79 Å². The predicted octanol–water partition coefficient (Wildman–Crippen LogP) is 4.07. The maximum absolute atomic E-state index is 13.1. The Balaban J connectivity index is 2.27. The van der Waals surface area contributed by atoms with Gasteiger partial charge in [-0.15, -0.1) is 0 Å². The standard InChI is InChI=1S/C19H29NO/c1-5-19(6-2,20-12-7-8-13-20)18(21)14-17-15(3)10-9-11-16(17)4/h9-11H,5-8,12-14H2,1-4H3. The molecule has 2 nitrogen and oxygen atoms in total. The number of rotatable bonds is 6. The van der Waals surface area contributed by atoms with Crippen LogP contribution in [0.2, 0.25) is 0 Å². The second-order valence-electron chi connectivity index (χ2n) is 6.40. The third-order valence-corrected chi connectivity index (χ3v) is 5.38. The number of benzene rings is 1. The second kappa shape index (κ2) is 6.74. The Hall–Kier alpha value is -1.15. The van der Waals surface area contributed by atoms with Gasteiger partial charge in [0.05, 0.1) is 5.54 Å². The molecule has 0 N–H and O–H groups in total. The molecule has 0 bridgehead atoms. The van der Waals surface area contributed by atoms with Crippen molar-refractivity contribution in [3.05, 3.63) is 34.9 Å². The first-order valence-corrected chi connectivity index (χ1v) is 8.38. The molecule has 0 radical (unpaired) electrons. The van der Waals surface area contributed by atoms with Gasteiger partial charge in [-0.3, -0.25) is 9.69 Å². The Morgan fingerprint density at radius 1 is 1.10 bits per heavy atom. The predicted molar refractivity (Wildman–Crippen MR) is 88.7 cm³/mol. The molecule has 0 unspecified atom stereocenters. The van der Waals surface area contributed by atoms with Crippen molar-refractivity contribution in [1.82, 2.24) is 4.90 Å². The van der Waals surface area contributed by atoms with E-state index in [4.69, 9.17) is 0 Å². The lowest BCUT2D eigenvalue weighted by atomic mass is 9.82. The number of ketones is 1. The number of nitrogens with zero attached hydrogens (tertiary/aromatic N) is 1. The molecule has 0 spiro atoms. The summed E-state index contributed by atoms with van der Waals surface area (Å²) >= 11 is 0. The summed E-state index contributed by atoms with van der Waals surface area (Å²) in [6.07, 6.45) is 4.90. The number of Topliss-reactive ketones (excluding diaryl/α,β-unsaturated/α-hetero) is 1. The molecule has 0 amide bonds. The molecule has 0 aromatic heterocycles. The third-order valence-electron chi connectivity index (χ3n) is 5.38. The minimum atomic E-state index is -0.245. The largest absolute Gasteiger partial charge is 0.297 e. The second-order valence-corrected chi connectivity index (χ2v) is 6.40. The average Bonchev–Trinajstić information content (AvgIpc) is 3.00. The fraction of sp³-hybridized carbons (Fsp3) is 0.632. The minimum absolute atomic E-state index is 0.245. The number of hydrogen-bond acceptors (Lipinski definition) is 2. The van der Waals surface area contributed by atoms with Crippen molar-refractivity contribution in [1.29, 1.82) is 0 Å². The molecule has 0 aliphatic carbocycles. The number of carbonyl (C=O) groups excluding carboxylic acids is 1. The molecule has 2 rings (SSSR count). The van der Waals surface area contributed by atoms with Crippen molar-refractivity contribution >= 4 is 5.78 Å². The summed E-state index contributed by atoms with van der Waals surface area (Å²) < 4.78 is 0. The first-order chi connectivity index (χ1) is 10.0. The lowest BCUT2D eigenvalue weighted by molar-refractivity contribution is -0.130. The van der Waals surface area contributed by atoms with Gasteiger partial charge in [-0.1, -0.05) is 32.0 Å². The molecule has 1 fully saturated rings. The van der Waals surface area contributed by atoms with Gasteiger partial charge >= 0.3 is 0 Å². The highest BCUT2D eigenvalue weighted by Gasteiger charge is 2.41. The van der Waals surface area contributed by atoms with E-state index in [1.54, 1.807) is 0 Å². The van der Waals surface area contributed by atoms with Crippen molar-refractivity contribution in [2.75, 3.05) is 13.1 Å². The molecule has 0 saturated carbocycles. The summed E-state index contributed by atoms with van der Waals surface area (Å²) in [5.41, 5.74) is 3.47. The zero-order valence-corrected chi connectivity index (χ0v) is 14.0. The highest BCUT2D eigenvalue weighted by molar-refractivity contribution is 5.90. The maximum Gasteiger partial charge on any atom is 0.157 e. The van der Waals surface area contributed by atoms with E-state index >= 15 is 0 Å². The topological polar surface area (TPSA) is 20.3 Å². The third kappa shape index (κ3) is 3.06. The maximum atomic E-state index is 13.1. The van der Waals surface area contributed by atoms with E-state index in [2.05, 4.69) is 50.8 Å². The van der Waals surface area contributed by atoms with Gasteiger partial charge < -0.3 is 0 Å². The van der Waals surface area contributed by atoms with E-state index in [9.17, 15) is 4.79 Å². The van der Waals surface area contributed by atoms with Crippen LogP contribution in [-0.2, 0) is 11.2 Å². The average molecular weight is 287 g/mol.